The summed E-state index contributed by atoms with van der Waals surface area (Å²) in [6.45, 7) is 0. The molecule has 3 rings (SSSR count). The number of rotatable bonds is 3. The molecule has 5 heteroatoms. The predicted octanol–water partition coefficient (Wildman–Crippen LogP) is 4.84. The fourth-order valence-corrected chi connectivity index (χ4v) is 3.73. The number of aromatic nitrogens is 1. The van der Waals surface area contributed by atoms with Gasteiger partial charge in [0.05, 0.1) is 5.56 Å². The van der Waals surface area contributed by atoms with Crippen LogP contribution in [0.2, 0.25) is 10.2 Å². The zero-order chi connectivity index (χ0) is 16.2. The number of nitrogens with zero attached hydrogens (tertiary/aromatic N) is 1. The highest BCUT2D eigenvalue weighted by Gasteiger charge is 2.29. The fraction of sp³-hybridized carbons (Fsp3) is 0.333. The molecule has 1 aliphatic rings. The van der Waals surface area contributed by atoms with Crippen LogP contribution in [0.25, 0.3) is 0 Å². The van der Waals surface area contributed by atoms with Crippen LogP contribution in [-0.2, 0) is 0 Å². The van der Waals surface area contributed by atoms with Gasteiger partial charge in [0.15, 0.2) is 0 Å². The average molecular weight is 349 g/mol. The monoisotopic (exact) mass is 348 g/mol. The molecule has 2 atom stereocenters. The number of nitrogens with one attached hydrogen (secondary N) is 1. The van der Waals surface area contributed by atoms with Crippen molar-refractivity contribution in [3.8, 4) is 0 Å². The summed E-state index contributed by atoms with van der Waals surface area (Å²) in [6.07, 6.45) is 5.80. The van der Waals surface area contributed by atoms with Gasteiger partial charge in [-0.3, -0.25) is 4.79 Å². The van der Waals surface area contributed by atoms with Crippen molar-refractivity contribution in [2.75, 3.05) is 0 Å². The Morgan fingerprint density at radius 3 is 2.65 bits per heavy atom. The van der Waals surface area contributed by atoms with Crippen LogP contribution in [0.1, 0.15) is 47.5 Å². The van der Waals surface area contributed by atoms with Crippen LogP contribution in [0.5, 0.6) is 0 Å². The number of halogens is 2. The van der Waals surface area contributed by atoms with E-state index in [1.807, 2.05) is 18.2 Å². The number of hydrogen-bond acceptors (Lipinski definition) is 2. The molecule has 0 spiro atoms. The van der Waals surface area contributed by atoms with Crippen LogP contribution in [0.3, 0.4) is 0 Å². The first-order chi connectivity index (χ1) is 11.2. The molecule has 1 N–H and O–H groups in total. The van der Waals surface area contributed by atoms with Crippen LogP contribution < -0.4 is 5.32 Å². The highest BCUT2D eigenvalue weighted by atomic mass is 35.5. The molecule has 120 valence electrons. The standard InChI is InChI=1S/C18H18Cl2N2O/c19-15-9-3-1-6-12(15)13-7-2-4-10-16(13)22-18(23)14-8-5-11-21-17(14)20/h1,3,5-6,8-9,11,13,16H,2,4,7,10H2,(H,22,23)/t13-,16+/m0/s1. The summed E-state index contributed by atoms with van der Waals surface area (Å²) in [5.41, 5.74) is 1.52. The summed E-state index contributed by atoms with van der Waals surface area (Å²) in [5.74, 6) is 0.0592. The van der Waals surface area contributed by atoms with Gasteiger partial charge in [0, 0.05) is 23.2 Å². The number of hydrogen-bond donors (Lipinski definition) is 1. The Balaban J connectivity index is 1.81. The molecule has 1 fully saturated rings. The van der Waals surface area contributed by atoms with Crippen LogP contribution in [0, 0.1) is 0 Å². The quantitative estimate of drug-likeness (QED) is 0.806. The molecule has 0 bridgehead atoms. The molecule has 1 heterocycles. The van der Waals surface area contributed by atoms with Crippen molar-refractivity contribution in [3.63, 3.8) is 0 Å². The molecule has 0 saturated heterocycles. The summed E-state index contributed by atoms with van der Waals surface area (Å²) >= 11 is 12.4. The lowest BCUT2D eigenvalue weighted by atomic mass is 9.80. The van der Waals surface area contributed by atoms with Crippen LogP contribution >= 0.6 is 23.2 Å². The third kappa shape index (κ3) is 3.67. The van der Waals surface area contributed by atoms with Crippen LogP contribution in [0.4, 0.5) is 0 Å². The van der Waals surface area contributed by atoms with Gasteiger partial charge in [0.25, 0.3) is 5.91 Å². The number of pyridine rings is 1. The molecule has 1 saturated carbocycles. The fourth-order valence-electron chi connectivity index (χ4n) is 3.25. The lowest BCUT2D eigenvalue weighted by molar-refractivity contribution is 0.0920. The van der Waals surface area contributed by atoms with E-state index in [1.54, 1.807) is 18.3 Å². The van der Waals surface area contributed by atoms with Gasteiger partial charge >= 0.3 is 0 Å². The van der Waals surface area contributed by atoms with Crippen molar-refractivity contribution in [1.82, 2.24) is 10.3 Å². The molecular formula is C18H18Cl2N2O. The lowest BCUT2D eigenvalue weighted by Crippen LogP contribution is -2.41. The van der Waals surface area contributed by atoms with Gasteiger partial charge in [0.2, 0.25) is 0 Å². The summed E-state index contributed by atoms with van der Waals surface area (Å²) in [5, 5.41) is 4.12. The highest BCUT2D eigenvalue weighted by Crippen LogP contribution is 2.36. The van der Waals surface area contributed by atoms with E-state index in [9.17, 15) is 4.79 Å². The number of carbonyl (C=O) groups excluding carboxylic acids is 1. The van der Waals surface area contributed by atoms with E-state index in [0.717, 1.165) is 36.3 Å². The van der Waals surface area contributed by atoms with Gasteiger partial charge in [-0.05, 0) is 36.6 Å². The van der Waals surface area contributed by atoms with Crippen molar-refractivity contribution in [3.05, 3.63) is 63.9 Å². The van der Waals surface area contributed by atoms with Gasteiger partial charge in [0.1, 0.15) is 5.15 Å². The second-order valence-corrected chi connectivity index (χ2v) is 6.60. The third-order valence-electron chi connectivity index (χ3n) is 4.39. The second kappa shape index (κ2) is 7.33. The second-order valence-electron chi connectivity index (χ2n) is 5.83. The minimum atomic E-state index is -0.174. The van der Waals surface area contributed by atoms with Gasteiger partial charge in [-0.1, -0.05) is 54.2 Å². The van der Waals surface area contributed by atoms with E-state index in [1.165, 1.54) is 0 Å². The van der Waals surface area contributed by atoms with Crippen molar-refractivity contribution in [2.45, 2.75) is 37.6 Å². The summed E-state index contributed by atoms with van der Waals surface area (Å²) in [7, 11) is 0. The Morgan fingerprint density at radius 1 is 1.09 bits per heavy atom. The highest BCUT2D eigenvalue weighted by molar-refractivity contribution is 6.32. The third-order valence-corrected chi connectivity index (χ3v) is 5.04. The van der Waals surface area contributed by atoms with Gasteiger partial charge in [-0.15, -0.1) is 0 Å². The zero-order valence-corrected chi connectivity index (χ0v) is 14.1. The first-order valence-corrected chi connectivity index (χ1v) is 8.58. The molecule has 0 radical (unpaired) electrons. The lowest BCUT2D eigenvalue weighted by Gasteiger charge is -2.33. The molecular weight excluding hydrogens is 331 g/mol. The van der Waals surface area contributed by atoms with E-state index in [2.05, 4.69) is 16.4 Å². The largest absolute Gasteiger partial charge is 0.349 e. The summed E-state index contributed by atoms with van der Waals surface area (Å²) in [6, 6.07) is 11.3. The maximum absolute atomic E-state index is 12.5. The summed E-state index contributed by atoms with van der Waals surface area (Å²) in [4.78, 5) is 16.5. The molecule has 23 heavy (non-hydrogen) atoms. The van der Waals surface area contributed by atoms with Gasteiger partial charge in [-0.2, -0.15) is 0 Å². The average Bonchev–Trinajstić information content (AvgIpc) is 2.56. The van der Waals surface area contributed by atoms with E-state index in [0.29, 0.717) is 5.56 Å². The normalized spacial score (nSPS) is 21.0. The predicted molar refractivity (Wildman–Crippen MR) is 93.2 cm³/mol. The molecule has 0 aliphatic heterocycles. The molecule has 0 unspecified atom stereocenters. The van der Waals surface area contributed by atoms with E-state index in [4.69, 9.17) is 23.2 Å². The minimum Gasteiger partial charge on any atom is -0.349 e. The molecule has 2 aromatic rings. The Labute approximate surface area is 146 Å². The van der Waals surface area contributed by atoms with Crippen LogP contribution in [-0.4, -0.2) is 16.9 Å². The molecule has 1 aromatic heterocycles. The molecule has 1 aromatic carbocycles. The SMILES string of the molecule is O=C(N[C@@H]1CCCC[C@H]1c1ccccc1Cl)c1cccnc1Cl. The van der Waals surface area contributed by atoms with Crippen LogP contribution in [0.15, 0.2) is 42.6 Å². The zero-order valence-electron chi connectivity index (χ0n) is 12.6. The Hall–Kier alpha value is -1.58. The maximum atomic E-state index is 12.5. The van der Waals surface area contributed by atoms with E-state index in [-0.39, 0.29) is 23.0 Å². The molecule has 1 aliphatic carbocycles. The first kappa shape index (κ1) is 16.3. The Kier molecular flexibility index (Phi) is 5.19. The topological polar surface area (TPSA) is 42.0 Å². The maximum Gasteiger partial charge on any atom is 0.254 e. The molecule has 3 nitrogen and oxygen atoms in total. The number of amides is 1. The molecule has 1 amide bonds. The number of carbonyl (C=O) groups is 1. The Morgan fingerprint density at radius 2 is 1.87 bits per heavy atom. The smallest absolute Gasteiger partial charge is 0.254 e. The number of benzene rings is 1. The summed E-state index contributed by atoms with van der Waals surface area (Å²) < 4.78 is 0. The van der Waals surface area contributed by atoms with E-state index >= 15 is 0 Å². The van der Waals surface area contributed by atoms with Crippen molar-refractivity contribution in [2.24, 2.45) is 0 Å². The van der Waals surface area contributed by atoms with E-state index < -0.39 is 0 Å². The van der Waals surface area contributed by atoms with Crippen molar-refractivity contribution in [1.29, 1.82) is 0 Å². The van der Waals surface area contributed by atoms with Crippen molar-refractivity contribution < 1.29 is 4.79 Å². The Bertz CT molecular complexity index is 705. The van der Waals surface area contributed by atoms with Crippen molar-refractivity contribution >= 4 is 29.1 Å². The first-order valence-electron chi connectivity index (χ1n) is 7.82. The van der Waals surface area contributed by atoms with Gasteiger partial charge < -0.3 is 5.32 Å². The van der Waals surface area contributed by atoms with Gasteiger partial charge in [-0.25, -0.2) is 4.98 Å². The minimum absolute atomic E-state index is 0.0624.